The van der Waals surface area contributed by atoms with Gasteiger partial charge in [0, 0.05) is 37.8 Å². The number of aliphatic imine (C=N–C) groups is 1. The molecule has 0 radical (unpaired) electrons. The summed E-state index contributed by atoms with van der Waals surface area (Å²) < 4.78 is 0. The molecule has 0 bridgehead atoms. The van der Waals surface area contributed by atoms with Crippen molar-refractivity contribution in [1.82, 2.24) is 25.3 Å². The van der Waals surface area contributed by atoms with Crippen molar-refractivity contribution < 1.29 is 0 Å². The summed E-state index contributed by atoms with van der Waals surface area (Å²) in [4.78, 5) is 13.2. The van der Waals surface area contributed by atoms with Crippen LogP contribution in [0.15, 0.2) is 4.99 Å². The van der Waals surface area contributed by atoms with Crippen molar-refractivity contribution in [1.29, 1.82) is 0 Å². The minimum Gasteiger partial charge on any atom is -0.357 e. The van der Waals surface area contributed by atoms with Crippen molar-refractivity contribution in [3.05, 3.63) is 0 Å². The zero-order valence-electron chi connectivity index (χ0n) is 20.8. The van der Waals surface area contributed by atoms with Gasteiger partial charge in [-0.1, -0.05) is 19.3 Å². The number of halogens is 1. The first kappa shape index (κ1) is 26.5. The first-order valence-electron chi connectivity index (χ1n) is 13.4. The molecule has 6 nitrogen and oxygen atoms in total. The Kier molecular flexibility index (Phi) is 10.8. The molecule has 0 aromatic carbocycles. The van der Waals surface area contributed by atoms with Crippen LogP contribution in [0.1, 0.15) is 71.1 Å². The molecule has 3 heterocycles. The van der Waals surface area contributed by atoms with E-state index in [1.165, 1.54) is 110 Å². The van der Waals surface area contributed by atoms with E-state index in [9.17, 15) is 0 Å². The van der Waals surface area contributed by atoms with Gasteiger partial charge in [0.2, 0.25) is 0 Å². The average molecular weight is 561 g/mol. The molecular formula is C25H49IN6. The Hall–Kier alpha value is -0.120. The quantitative estimate of drug-likeness (QED) is 0.284. The molecule has 0 spiro atoms. The Morgan fingerprint density at radius 3 is 2.34 bits per heavy atom. The standard InChI is InChI=1S/C25H48N6.HI/c1-3-26-24(28-23-11-16-30(20-23)19-22-9-5-6-10-22)27-21-25(12-17-29(2)18-13-25)31-14-7-4-8-15-31;/h22-23H,3-21H2,1-2H3,(H2,26,27,28);1H. The summed E-state index contributed by atoms with van der Waals surface area (Å²) >= 11 is 0. The molecule has 2 N–H and O–H groups in total. The van der Waals surface area contributed by atoms with E-state index < -0.39 is 0 Å². The molecule has 1 unspecified atom stereocenters. The van der Waals surface area contributed by atoms with Gasteiger partial charge in [-0.25, -0.2) is 0 Å². The smallest absolute Gasteiger partial charge is 0.191 e. The third-order valence-corrected chi connectivity index (χ3v) is 8.42. The number of hydrogen-bond acceptors (Lipinski definition) is 4. The Morgan fingerprint density at radius 1 is 0.938 bits per heavy atom. The first-order chi connectivity index (χ1) is 15.2. The maximum Gasteiger partial charge on any atom is 0.191 e. The van der Waals surface area contributed by atoms with Crippen LogP contribution in [0.4, 0.5) is 0 Å². The molecule has 1 atom stereocenters. The maximum absolute atomic E-state index is 5.22. The summed E-state index contributed by atoms with van der Waals surface area (Å²) in [7, 11) is 2.27. The fraction of sp³-hybridized carbons (Fsp3) is 0.960. The van der Waals surface area contributed by atoms with Crippen LogP contribution in [0.2, 0.25) is 0 Å². The summed E-state index contributed by atoms with van der Waals surface area (Å²) in [5.41, 5.74) is 0.263. The second kappa shape index (κ2) is 13.1. The number of nitrogens with zero attached hydrogens (tertiary/aromatic N) is 4. The molecule has 4 fully saturated rings. The van der Waals surface area contributed by atoms with Gasteiger partial charge in [-0.05, 0) is 91.0 Å². The van der Waals surface area contributed by atoms with Crippen LogP contribution in [-0.4, -0.2) is 98.2 Å². The van der Waals surface area contributed by atoms with Gasteiger partial charge in [-0.3, -0.25) is 9.89 Å². The second-order valence-electron chi connectivity index (χ2n) is 10.8. The molecular weight excluding hydrogens is 511 g/mol. The van der Waals surface area contributed by atoms with Gasteiger partial charge in [0.1, 0.15) is 0 Å². The van der Waals surface area contributed by atoms with E-state index in [1.54, 1.807) is 0 Å². The molecule has 1 saturated carbocycles. The number of likely N-dealkylation sites (tertiary alicyclic amines) is 3. The lowest BCUT2D eigenvalue weighted by Crippen LogP contribution is -2.58. The molecule has 7 heteroatoms. The van der Waals surface area contributed by atoms with E-state index in [2.05, 4.69) is 39.3 Å². The van der Waals surface area contributed by atoms with Gasteiger partial charge in [0.15, 0.2) is 5.96 Å². The lowest BCUT2D eigenvalue weighted by atomic mass is 9.84. The number of nitrogens with one attached hydrogen (secondary N) is 2. The van der Waals surface area contributed by atoms with E-state index in [0.29, 0.717) is 6.04 Å². The van der Waals surface area contributed by atoms with E-state index in [4.69, 9.17) is 4.99 Å². The molecule has 186 valence electrons. The van der Waals surface area contributed by atoms with Gasteiger partial charge >= 0.3 is 0 Å². The van der Waals surface area contributed by atoms with Crippen molar-refractivity contribution >= 4 is 29.9 Å². The summed E-state index contributed by atoms with van der Waals surface area (Å²) in [5.74, 6) is 2.00. The molecule has 0 amide bonds. The number of rotatable bonds is 7. The van der Waals surface area contributed by atoms with Crippen LogP contribution < -0.4 is 10.6 Å². The second-order valence-corrected chi connectivity index (χ2v) is 10.8. The molecule has 0 aromatic rings. The van der Waals surface area contributed by atoms with Gasteiger partial charge in [0.05, 0.1) is 6.54 Å². The van der Waals surface area contributed by atoms with Crippen molar-refractivity contribution in [3.8, 4) is 0 Å². The molecule has 4 rings (SSSR count). The lowest BCUT2D eigenvalue weighted by molar-refractivity contribution is 0.0208. The number of piperidine rings is 2. The zero-order chi connectivity index (χ0) is 21.5. The van der Waals surface area contributed by atoms with Crippen molar-refractivity contribution in [3.63, 3.8) is 0 Å². The Morgan fingerprint density at radius 2 is 1.66 bits per heavy atom. The van der Waals surface area contributed by atoms with Crippen LogP contribution in [0.3, 0.4) is 0 Å². The van der Waals surface area contributed by atoms with E-state index in [1.807, 2.05) is 0 Å². The monoisotopic (exact) mass is 560 g/mol. The zero-order valence-corrected chi connectivity index (χ0v) is 23.1. The highest BCUT2D eigenvalue weighted by Gasteiger charge is 2.39. The molecule has 3 aliphatic heterocycles. The Balaban J connectivity index is 0.00000289. The summed E-state index contributed by atoms with van der Waals surface area (Å²) in [6.07, 6.45) is 13.7. The van der Waals surface area contributed by atoms with Crippen molar-refractivity contribution in [2.24, 2.45) is 10.9 Å². The number of hydrogen-bond donors (Lipinski definition) is 2. The Labute approximate surface area is 214 Å². The lowest BCUT2D eigenvalue weighted by Gasteiger charge is -2.49. The van der Waals surface area contributed by atoms with Crippen LogP contribution in [-0.2, 0) is 0 Å². The highest BCUT2D eigenvalue weighted by molar-refractivity contribution is 14.0. The van der Waals surface area contributed by atoms with Crippen LogP contribution >= 0.6 is 24.0 Å². The minimum absolute atomic E-state index is 0. The number of guanidine groups is 1. The molecule has 4 aliphatic rings. The van der Waals surface area contributed by atoms with Crippen LogP contribution in [0.5, 0.6) is 0 Å². The molecule has 32 heavy (non-hydrogen) atoms. The Bertz CT molecular complexity index is 565. The summed E-state index contributed by atoms with van der Waals surface area (Å²) in [5, 5.41) is 7.37. The fourth-order valence-corrected chi connectivity index (χ4v) is 6.39. The van der Waals surface area contributed by atoms with Crippen LogP contribution in [0, 0.1) is 5.92 Å². The van der Waals surface area contributed by atoms with Gasteiger partial charge in [-0.2, -0.15) is 0 Å². The predicted molar refractivity (Wildman–Crippen MR) is 146 cm³/mol. The van der Waals surface area contributed by atoms with Gasteiger partial charge in [0.25, 0.3) is 0 Å². The van der Waals surface area contributed by atoms with Crippen molar-refractivity contribution in [2.75, 3.05) is 66.0 Å². The minimum atomic E-state index is 0. The fourth-order valence-electron chi connectivity index (χ4n) is 6.39. The summed E-state index contributed by atoms with van der Waals surface area (Å²) in [6, 6.07) is 0.544. The average Bonchev–Trinajstić information content (AvgIpc) is 3.47. The van der Waals surface area contributed by atoms with E-state index in [-0.39, 0.29) is 29.5 Å². The largest absolute Gasteiger partial charge is 0.357 e. The van der Waals surface area contributed by atoms with Crippen molar-refractivity contribution in [2.45, 2.75) is 82.7 Å². The predicted octanol–water partition coefficient (Wildman–Crippen LogP) is 3.37. The third-order valence-electron chi connectivity index (χ3n) is 8.42. The van der Waals surface area contributed by atoms with E-state index in [0.717, 1.165) is 25.0 Å². The summed E-state index contributed by atoms with van der Waals surface area (Å²) in [6.45, 7) is 12.7. The molecule has 3 saturated heterocycles. The SMILES string of the molecule is CCNC(=NCC1(N2CCCCC2)CCN(C)CC1)NC1CCN(CC2CCCC2)C1.I. The van der Waals surface area contributed by atoms with Crippen LogP contribution in [0.25, 0.3) is 0 Å². The maximum atomic E-state index is 5.22. The molecule has 0 aromatic heterocycles. The third kappa shape index (κ3) is 7.19. The van der Waals surface area contributed by atoms with Gasteiger partial charge in [-0.15, -0.1) is 24.0 Å². The highest BCUT2D eigenvalue weighted by Crippen LogP contribution is 2.32. The first-order valence-corrected chi connectivity index (χ1v) is 13.4. The van der Waals surface area contributed by atoms with E-state index >= 15 is 0 Å². The van der Waals surface area contributed by atoms with Gasteiger partial charge < -0.3 is 20.4 Å². The molecule has 1 aliphatic carbocycles. The highest BCUT2D eigenvalue weighted by atomic mass is 127. The normalized spacial score (nSPS) is 28.6. The topological polar surface area (TPSA) is 46.1 Å².